The van der Waals surface area contributed by atoms with Crippen LogP contribution in [0, 0.1) is 0 Å². The molecule has 1 amide bonds. The maximum Gasteiger partial charge on any atom is 0.303 e. The predicted octanol–water partition coefficient (Wildman–Crippen LogP) is 2.31. The SMILES string of the molecule is O=C(O)CCCC(=O)Nc1nnc(COc2ccccc2)s1. The zero-order chi connectivity index (χ0) is 15.8. The number of nitrogens with one attached hydrogen (secondary N) is 1. The molecule has 2 aromatic rings. The molecule has 0 aliphatic heterocycles. The number of carboxylic acid groups (broad SMARTS) is 1. The van der Waals surface area contributed by atoms with Gasteiger partial charge in [0.2, 0.25) is 11.0 Å². The summed E-state index contributed by atoms with van der Waals surface area (Å²) in [4.78, 5) is 22.0. The third kappa shape index (κ3) is 5.49. The van der Waals surface area contributed by atoms with Crippen LogP contribution in [0.3, 0.4) is 0 Å². The minimum absolute atomic E-state index is 0.0281. The molecule has 0 unspecified atom stereocenters. The first-order chi connectivity index (χ1) is 10.6. The molecular formula is C14H15N3O4S. The number of ether oxygens (including phenoxy) is 1. The van der Waals surface area contributed by atoms with E-state index in [0.717, 1.165) is 5.75 Å². The second-order valence-electron chi connectivity index (χ2n) is 4.40. The maximum atomic E-state index is 11.6. The number of amides is 1. The summed E-state index contributed by atoms with van der Waals surface area (Å²) in [5, 5.41) is 19.9. The number of aromatic nitrogens is 2. The van der Waals surface area contributed by atoms with Gasteiger partial charge in [-0.3, -0.25) is 9.59 Å². The van der Waals surface area contributed by atoms with Gasteiger partial charge in [0.15, 0.2) is 5.01 Å². The van der Waals surface area contributed by atoms with E-state index in [1.54, 1.807) is 0 Å². The van der Waals surface area contributed by atoms with Crippen LogP contribution in [0.1, 0.15) is 24.3 Å². The Morgan fingerprint density at radius 1 is 1.18 bits per heavy atom. The predicted molar refractivity (Wildman–Crippen MR) is 80.8 cm³/mol. The van der Waals surface area contributed by atoms with Gasteiger partial charge in [0, 0.05) is 12.8 Å². The average Bonchev–Trinajstić information content (AvgIpc) is 2.93. The van der Waals surface area contributed by atoms with E-state index in [1.165, 1.54) is 11.3 Å². The number of para-hydroxylation sites is 1. The van der Waals surface area contributed by atoms with Crippen molar-refractivity contribution in [2.75, 3.05) is 5.32 Å². The molecule has 2 N–H and O–H groups in total. The van der Waals surface area contributed by atoms with Crippen LogP contribution >= 0.6 is 11.3 Å². The monoisotopic (exact) mass is 321 g/mol. The molecule has 7 nitrogen and oxygen atoms in total. The summed E-state index contributed by atoms with van der Waals surface area (Å²) in [5.74, 6) is -0.450. The van der Waals surface area contributed by atoms with E-state index in [-0.39, 0.29) is 25.4 Å². The van der Waals surface area contributed by atoms with E-state index in [4.69, 9.17) is 9.84 Å². The molecule has 22 heavy (non-hydrogen) atoms. The lowest BCUT2D eigenvalue weighted by molar-refractivity contribution is -0.137. The highest BCUT2D eigenvalue weighted by molar-refractivity contribution is 7.15. The Balaban J connectivity index is 1.76. The summed E-state index contributed by atoms with van der Waals surface area (Å²) in [6.45, 7) is 0.274. The molecule has 2 rings (SSSR count). The van der Waals surface area contributed by atoms with Gasteiger partial charge in [-0.25, -0.2) is 0 Å². The molecular weight excluding hydrogens is 306 g/mol. The number of rotatable bonds is 8. The van der Waals surface area contributed by atoms with Gasteiger partial charge < -0.3 is 15.2 Å². The van der Waals surface area contributed by atoms with Crippen LogP contribution in [0.5, 0.6) is 5.75 Å². The molecule has 1 aromatic carbocycles. The van der Waals surface area contributed by atoms with E-state index >= 15 is 0 Å². The van der Waals surface area contributed by atoms with Gasteiger partial charge in [0.25, 0.3) is 0 Å². The number of aliphatic carboxylic acids is 1. The number of anilines is 1. The van der Waals surface area contributed by atoms with Crippen molar-refractivity contribution >= 4 is 28.3 Å². The third-order valence-corrected chi connectivity index (χ3v) is 3.43. The van der Waals surface area contributed by atoms with Crippen LogP contribution in [0.25, 0.3) is 0 Å². The summed E-state index contributed by atoms with van der Waals surface area (Å²) < 4.78 is 5.53. The zero-order valence-corrected chi connectivity index (χ0v) is 12.5. The Kier molecular flexibility index (Phi) is 5.84. The number of carbonyl (C=O) groups is 2. The van der Waals surface area contributed by atoms with Crippen molar-refractivity contribution in [1.29, 1.82) is 0 Å². The highest BCUT2D eigenvalue weighted by Crippen LogP contribution is 2.18. The van der Waals surface area contributed by atoms with Crippen molar-refractivity contribution in [2.45, 2.75) is 25.9 Å². The van der Waals surface area contributed by atoms with Crippen molar-refractivity contribution in [1.82, 2.24) is 10.2 Å². The van der Waals surface area contributed by atoms with Crippen molar-refractivity contribution in [3.63, 3.8) is 0 Å². The van der Waals surface area contributed by atoms with E-state index < -0.39 is 5.97 Å². The minimum Gasteiger partial charge on any atom is -0.486 e. The van der Waals surface area contributed by atoms with Crippen LogP contribution in [0.4, 0.5) is 5.13 Å². The fraction of sp³-hybridized carbons (Fsp3) is 0.286. The number of carbonyl (C=O) groups excluding carboxylic acids is 1. The van der Waals surface area contributed by atoms with Crippen molar-refractivity contribution in [2.24, 2.45) is 0 Å². The van der Waals surface area contributed by atoms with Crippen molar-refractivity contribution in [3.05, 3.63) is 35.3 Å². The Morgan fingerprint density at radius 3 is 2.68 bits per heavy atom. The molecule has 8 heteroatoms. The fourth-order valence-corrected chi connectivity index (χ4v) is 2.28. The van der Waals surface area contributed by atoms with Crippen LogP contribution in [-0.2, 0) is 16.2 Å². The summed E-state index contributed by atoms with van der Waals surface area (Å²) >= 11 is 1.22. The molecule has 0 saturated heterocycles. The molecule has 116 valence electrons. The average molecular weight is 321 g/mol. The minimum atomic E-state index is -0.913. The normalized spacial score (nSPS) is 10.2. The van der Waals surface area contributed by atoms with E-state index in [9.17, 15) is 9.59 Å². The van der Waals surface area contributed by atoms with Crippen molar-refractivity contribution in [3.8, 4) is 5.75 Å². The molecule has 0 saturated carbocycles. The summed E-state index contributed by atoms with van der Waals surface area (Å²) in [7, 11) is 0. The summed E-state index contributed by atoms with van der Waals surface area (Å²) in [5.41, 5.74) is 0. The van der Waals surface area contributed by atoms with Gasteiger partial charge in [-0.05, 0) is 18.6 Å². The number of benzene rings is 1. The standard InChI is InChI=1S/C14H15N3O4S/c18-11(7-4-8-13(19)20)15-14-17-16-12(22-14)9-21-10-5-2-1-3-6-10/h1-3,5-6H,4,7-9H2,(H,19,20)(H,15,17,18). The van der Waals surface area contributed by atoms with Crippen LogP contribution in [-0.4, -0.2) is 27.2 Å². The van der Waals surface area contributed by atoms with Gasteiger partial charge >= 0.3 is 5.97 Å². The molecule has 0 fully saturated rings. The second kappa shape index (κ2) is 8.08. The van der Waals surface area contributed by atoms with Crippen molar-refractivity contribution < 1.29 is 19.4 Å². The molecule has 0 radical (unpaired) electrons. The maximum absolute atomic E-state index is 11.6. The number of hydrogen-bond donors (Lipinski definition) is 2. The van der Waals surface area contributed by atoms with E-state index in [0.29, 0.717) is 16.6 Å². The van der Waals surface area contributed by atoms with Gasteiger partial charge in [-0.2, -0.15) is 0 Å². The smallest absolute Gasteiger partial charge is 0.303 e. The van der Waals surface area contributed by atoms with Crippen LogP contribution in [0.2, 0.25) is 0 Å². The Bertz CT molecular complexity index is 630. The zero-order valence-electron chi connectivity index (χ0n) is 11.7. The highest BCUT2D eigenvalue weighted by Gasteiger charge is 2.09. The largest absolute Gasteiger partial charge is 0.486 e. The molecule has 1 aromatic heterocycles. The molecule has 0 atom stereocenters. The van der Waals surface area contributed by atoms with E-state index in [2.05, 4.69) is 15.5 Å². The quantitative estimate of drug-likeness (QED) is 0.773. The Labute approximate surface area is 131 Å². The molecule has 0 bridgehead atoms. The second-order valence-corrected chi connectivity index (χ2v) is 5.46. The summed E-state index contributed by atoms with van der Waals surface area (Å²) in [6.07, 6.45) is 0.408. The lowest BCUT2D eigenvalue weighted by Crippen LogP contribution is -2.11. The van der Waals surface area contributed by atoms with Gasteiger partial charge in [0.1, 0.15) is 12.4 Å². The number of hydrogen-bond acceptors (Lipinski definition) is 6. The summed E-state index contributed by atoms with van der Waals surface area (Å²) in [6, 6.07) is 9.32. The van der Waals surface area contributed by atoms with Gasteiger partial charge in [-0.15, -0.1) is 10.2 Å². The first-order valence-electron chi connectivity index (χ1n) is 6.65. The first kappa shape index (κ1) is 15.9. The van der Waals surface area contributed by atoms with Gasteiger partial charge in [0.05, 0.1) is 0 Å². The Morgan fingerprint density at radius 2 is 1.95 bits per heavy atom. The lowest BCUT2D eigenvalue weighted by atomic mass is 10.2. The highest BCUT2D eigenvalue weighted by atomic mass is 32.1. The molecule has 1 heterocycles. The van der Waals surface area contributed by atoms with Crippen LogP contribution in [0.15, 0.2) is 30.3 Å². The number of carboxylic acids is 1. The third-order valence-electron chi connectivity index (χ3n) is 2.61. The molecule has 0 aliphatic rings. The molecule has 0 spiro atoms. The van der Waals surface area contributed by atoms with Crippen LogP contribution < -0.4 is 10.1 Å². The lowest BCUT2D eigenvalue weighted by Gasteiger charge is -2.02. The Hall–Kier alpha value is -2.48. The molecule has 0 aliphatic carbocycles. The van der Waals surface area contributed by atoms with E-state index in [1.807, 2.05) is 30.3 Å². The topological polar surface area (TPSA) is 101 Å². The van der Waals surface area contributed by atoms with Gasteiger partial charge in [-0.1, -0.05) is 29.5 Å². The first-order valence-corrected chi connectivity index (χ1v) is 7.47. The number of nitrogens with zero attached hydrogens (tertiary/aromatic N) is 2. The fourth-order valence-electron chi connectivity index (χ4n) is 1.61.